The molecule has 96 valence electrons. The number of nitrogens with zero attached hydrogens (tertiary/aromatic N) is 4. The fourth-order valence-electron chi connectivity index (χ4n) is 1.99. The highest BCUT2D eigenvalue weighted by atomic mass is 16.5. The summed E-state index contributed by atoms with van der Waals surface area (Å²) in [5.41, 5.74) is 0.757. The van der Waals surface area contributed by atoms with E-state index in [0.717, 1.165) is 31.9 Å². The minimum atomic E-state index is 0.398. The van der Waals surface area contributed by atoms with Crippen molar-refractivity contribution in [1.82, 2.24) is 25.3 Å². The number of oxazole rings is 1. The average Bonchev–Trinajstić information content (AvgIpc) is 2.99. The molecular formula is C11H15N5O2. The molecule has 0 bridgehead atoms. The summed E-state index contributed by atoms with van der Waals surface area (Å²) in [4.78, 5) is 10.6. The zero-order valence-electron chi connectivity index (χ0n) is 10.2. The van der Waals surface area contributed by atoms with Gasteiger partial charge in [-0.2, -0.15) is 4.98 Å². The molecule has 1 N–H and O–H groups in total. The third-order valence-electron chi connectivity index (χ3n) is 2.98. The van der Waals surface area contributed by atoms with E-state index in [4.69, 9.17) is 8.94 Å². The Morgan fingerprint density at radius 2 is 2.22 bits per heavy atom. The van der Waals surface area contributed by atoms with Crippen LogP contribution in [0.5, 0.6) is 0 Å². The number of hydrogen-bond donors (Lipinski definition) is 1. The van der Waals surface area contributed by atoms with Crippen molar-refractivity contribution in [3.05, 3.63) is 17.9 Å². The van der Waals surface area contributed by atoms with Crippen molar-refractivity contribution in [2.75, 3.05) is 26.2 Å². The highest BCUT2D eigenvalue weighted by molar-refractivity contribution is 5.46. The van der Waals surface area contributed by atoms with Crippen LogP contribution in [0.15, 0.2) is 15.3 Å². The van der Waals surface area contributed by atoms with Crippen LogP contribution >= 0.6 is 0 Å². The fraction of sp³-hybridized carbons (Fsp3) is 0.545. The summed E-state index contributed by atoms with van der Waals surface area (Å²) < 4.78 is 10.4. The van der Waals surface area contributed by atoms with E-state index in [1.165, 1.54) is 6.39 Å². The molecule has 0 saturated carbocycles. The molecular weight excluding hydrogens is 234 g/mol. The van der Waals surface area contributed by atoms with Gasteiger partial charge in [-0.15, -0.1) is 0 Å². The van der Waals surface area contributed by atoms with Crippen molar-refractivity contribution < 1.29 is 8.94 Å². The summed E-state index contributed by atoms with van der Waals surface area (Å²) >= 11 is 0. The summed E-state index contributed by atoms with van der Waals surface area (Å²) in [6.07, 6.45) is 1.38. The molecule has 3 heterocycles. The van der Waals surface area contributed by atoms with E-state index in [2.05, 4.69) is 25.3 Å². The van der Waals surface area contributed by atoms with Gasteiger partial charge in [0.1, 0.15) is 0 Å². The monoisotopic (exact) mass is 249 g/mol. The van der Waals surface area contributed by atoms with E-state index >= 15 is 0 Å². The van der Waals surface area contributed by atoms with Crippen LogP contribution in [0, 0.1) is 6.92 Å². The lowest BCUT2D eigenvalue weighted by molar-refractivity contribution is 0.225. The van der Waals surface area contributed by atoms with Crippen LogP contribution in [0.4, 0.5) is 0 Å². The maximum Gasteiger partial charge on any atom is 0.295 e. The fourth-order valence-corrected chi connectivity index (χ4v) is 1.99. The molecule has 3 rings (SSSR count). The molecule has 1 fully saturated rings. The zero-order chi connectivity index (χ0) is 12.4. The SMILES string of the molecule is Cc1ncoc1-c1nc(CN2CCNCC2)no1. The molecule has 0 aliphatic carbocycles. The molecule has 18 heavy (non-hydrogen) atoms. The van der Waals surface area contributed by atoms with E-state index in [-0.39, 0.29) is 0 Å². The van der Waals surface area contributed by atoms with Crippen molar-refractivity contribution >= 4 is 0 Å². The molecule has 2 aromatic rings. The Labute approximate surface area is 104 Å². The Hall–Kier alpha value is -1.73. The minimum absolute atomic E-state index is 0.398. The molecule has 0 unspecified atom stereocenters. The molecule has 0 radical (unpaired) electrons. The van der Waals surface area contributed by atoms with Crippen molar-refractivity contribution in [2.45, 2.75) is 13.5 Å². The van der Waals surface area contributed by atoms with Crippen LogP contribution in [0.2, 0.25) is 0 Å². The average molecular weight is 249 g/mol. The first-order valence-corrected chi connectivity index (χ1v) is 5.99. The zero-order valence-corrected chi connectivity index (χ0v) is 10.2. The molecule has 0 atom stereocenters. The van der Waals surface area contributed by atoms with E-state index < -0.39 is 0 Å². The van der Waals surface area contributed by atoms with Gasteiger partial charge in [-0.25, -0.2) is 4.98 Å². The first kappa shape index (κ1) is 11.4. The lowest BCUT2D eigenvalue weighted by Crippen LogP contribution is -2.43. The Kier molecular flexibility index (Phi) is 3.07. The second kappa shape index (κ2) is 4.87. The van der Waals surface area contributed by atoms with Crippen LogP contribution in [0.3, 0.4) is 0 Å². The summed E-state index contributed by atoms with van der Waals surface area (Å²) in [7, 11) is 0. The van der Waals surface area contributed by atoms with E-state index in [1.54, 1.807) is 0 Å². The minimum Gasteiger partial charge on any atom is -0.438 e. The predicted octanol–water partition coefficient (Wildman–Crippen LogP) is 0.438. The number of rotatable bonds is 3. The van der Waals surface area contributed by atoms with Crippen LogP contribution < -0.4 is 5.32 Å². The van der Waals surface area contributed by atoms with E-state index in [0.29, 0.717) is 24.0 Å². The summed E-state index contributed by atoms with van der Waals surface area (Å²) in [6, 6.07) is 0. The highest BCUT2D eigenvalue weighted by Gasteiger charge is 2.17. The van der Waals surface area contributed by atoms with E-state index in [1.807, 2.05) is 6.92 Å². The predicted molar refractivity (Wildman–Crippen MR) is 62.7 cm³/mol. The van der Waals surface area contributed by atoms with Gasteiger partial charge in [0, 0.05) is 26.2 Å². The van der Waals surface area contributed by atoms with Crippen molar-refractivity contribution in [2.24, 2.45) is 0 Å². The smallest absolute Gasteiger partial charge is 0.295 e. The van der Waals surface area contributed by atoms with Gasteiger partial charge in [0.2, 0.25) is 5.76 Å². The second-order valence-corrected chi connectivity index (χ2v) is 4.31. The summed E-state index contributed by atoms with van der Waals surface area (Å²) in [6.45, 7) is 6.58. The van der Waals surface area contributed by atoms with Crippen molar-refractivity contribution in [1.29, 1.82) is 0 Å². The topological polar surface area (TPSA) is 80.2 Å². The molecule has 7 nitrogen and oxygen atoms in total. The third kappa shape index (κ3) is 2.27. The number of hydrogen-bond acceptors (Lipinski definition) is 7. The van der Waals surface area contributed by atoms with Crippen LogP contribution in [0.1, 0.15) is 11.5 Å². The Morgan fingerprint density at radius 1 is 1.39 bits per heavy atom. The first-order chi connectivity index (χ1) is 8.83. The maximum absolute atomic E-state index is 5.22. The van der Waals surface area contributed by atoms with Crippen molar-refractivity contribution in [3.63, 3.8) is 0 Å². The maximum atomic E-state index is 5.22. The summed E-state index contributed by atoms with van der Waals surface area (Å²) in [5.74, 6) is 1.63. The summed E-state index contributed by atoms with van der Waals surface area (Å²) in [5, 5.41) is 7.28. The Bertz CT molecular complexity index is 515. The normalized spacial score (nSPS) is 17.2. The lowest BCUT2D eigenvalue weighted by atomic mass is 10.3. The second-order valence-electron chi connectivity index (χ2n) is 4.31. The Morgan fingerprint density at radius 3 is 2.94 bits per heavy atom. The molecule has 1 aliphatic rings. The molecule has 1 aliphatic heterocycles. The van der Waals surface area contributed by atoms with E-state index in [9.17, 15) is 0 Å². The standard InChI is InChI=1S/C11H15N5O2/c1-8-10(17-7-13-8)11-14-9(15-18-11)6-16-4-2-12-3-5-16/h7,12H,2-6H2,1H3. The van der Waals surface area contributed by atoms with Crippen LogP contribution in [0.25, 0.3) is 11.7 Å². The van der Waals surface area contributed by atoms with Gasteiger partial charge in [0.15, 0.2) is 12.2 Å². The largest absolute Gasteiger partial charge is 0.438 e. The number of piperazine rings is 1. The molecule has 2 aromatic heterocycles. The van der Waals surface area contributed by atoms with Gasteiger partial charge in [0.05, 0.1) is 12.2 Å². The van der Waals surface area contributed by atoms with Crippen molar-refractivity contribution in [3.8, 4) is 11.7 Å². The van der Waals surface area contributed by atoms with Crippen LogP contribution in [-0.2, 0) is 6.54 Å². The first-order valence-electron chi connectivity index (χ1n) is 5.99. The molecule has 7 heteroatoms. The molecule has 0 amide bonds. The molecule has 1 saturated heterocycles. The van der Waals surface area contributed by atoms with Gasteiger partial charge >= 0.3 is 0 Å². The van der Waals surface area contributed by atoms with Gasteiger partial charge in [-0.1, -0.05) is 5.16 Å². The number of aryl methyl sites for hydroxylation is 1. The molecule has 0 aromatic carbocycles. The highest BCUT2D eigenvalue weighted by Crippen LogP contribution is 2.20. The number of aromatic nitrogens is 3. The van der Waals surface area contributed by atoms with Gasteiger partial charge in [-0.3, -0.25) is 4.90 Å². The molecule has 0 spiro atoms. The van der Waals surface area contributed by atoms with Gasteiger partial charge in [-0.05, 0) is 6.92 Å². The quantitative estimate of drug-likeness (QED) is 0.845. The van der Waals surface area contributed by atoms with Gasteiger partial charge in [0.25, 0.3) is 5.89 Å². The van der Waals surface area contributed by atoms with Crippen LogP contribution in [-0.4, -0.2) is 46.2 Å². The lowest BCUT2D eigenvalue weighted by Gasteiger charge is -2.25. The number of nitrogens with one attached hydrogen (secondary N) is 1. The Balaban J connectivity index is 1.71. The third-order valence-corrected chi connectivity index (χ3v) is 2.98. The van der Waals surface area contributed by atoms with Gasteiger partial charge < -0.3 is 14.3 Å².